The van der Waals surface area contributed by atoms with Gasteiger partial charge in [-0.05, 0) is 43.3 Å². The van der Waals surface area contributed by atoms with Crippen molar-refractivity contribution in [3.05, 3.63) is 98.5 Å². The van der Waals surface area contributed by atoms with Crippen LogP contribution in [0.25, 0.3) is 0 Å². The van der Waals surface area contributed by atoms with Gasteiger partial charge in [0.1, 0.15) is 5.82 Å². The zero-order valence-corrected chi connectivity index (χ0v) is 20.9. The number of ketones is 1. The molecule has 0 saturated heterocycles. The number of benzene rings is 2. The molecule has 2 heterocycles. The molecule has 186 valence electrons. The first-order chi connectivity index (χ1) is 17.0. The van der Waals surface area contributed by atoms with E-state index in [1.54, 1.807) is 43.3 Å². The number of nitrogens with two attached hydrogens (primary N) is 1. The molecule has 0 aliphatic carbocycles. The molecule has 0 fully saturated rings. The molecule has 7 nitrogen and oxygen atoms in total. The normalized spacial score (nSPS) is 17.7. The second kappa shape index (κ2) is 9.97. The van der Waals surface area contributed by atoms with Crippen LogP contribution >= 0.6 is 23.2 Å². The van der Waals surface area contributed by atoms with Gasteiger partial charge in [0, 0.05) is 22.3 Å². The third kappa shape index (κ3) is 4.59. The number of pyridine rings is 1. The quantitative estimate of drug-likeness (QED) is 0.425. The van der Waals surface area contributed by atoms with Crippen molar-refractivity contribution in [3.63, 3.8) is 0 Å². The standard InChI is InChI=1S/C26H22Cl2FN3O4/c1-14(24(30)34)13-36-26(17-3-5-18(27)6-4-17)23-21(9-16(15(2)33)10-22(23)29)25(35)32(26)12-20-8-7-19(28)11-31-20/h3-11,14H,12-13H2,1-2H3,(H2,30,34). The molecular weight excluding hydrogens is 508 g/mol. The summed E-state index contributed by atoms with van der Waals surface area (Å²) in [5.74, 6) is -3.15. The highest BCUT2D eigenvalue weighted by Gasteiger charge is 2.54. The molecule has 1 aliphatic rings. The maximum absolute atomic E-state index is 15.8. The Hall–Kier alpha value is -3.33. The fourth-order valence-electron chi connectivity index (χ4n) is 4.13. The van der Waals surface area contributed by atoms with E-state index in [1.807, 2.05) is 0 Å². The Labute approximate surface area is 217 Å². The lowest BCUT2D eigenvalue weighted by atomic mass is 9.91. The van der Waals surface area contributed by atoms with Gasteiger partial charge < -0.3 is 10.5 Å². The topological polar surface area (TPSA) is 103 Å². The lowest BCUT2D eigenvalue weighted by Gasteiger charge is -2.40. The zero-order chi connectivity index (χ0) is 26.2. The van der Waals surface area contributed by atoms with Crippen LogP contribution < -0.4 is 5.73 Å². The molecule has 2 aromatic carbocycles. The van der Waals surface area contributed by atoms with Gasteiger partial charge >= 0.3 is 0 Å². The second-order valence-electron chi connectivity index (χ2n) is 8.56. The summed E-state index contributed by atoms with van der Waals surface area (Å²) >= 11 is 12.1. The third-order valence-corrected chi connectivity index (χ3v) is 6.54. The molecule has 2 unspecified atom stereocenters. The maximum atomic E-state index is 15.8. The number of fused-ring (bicyclic) bond motifs is 1. The lowest BCUT2D eigenvalue weighted by Crippen LogP contribution is -2.48. The van der Waals surface area contributed by atoms with Crippen molar-refractivity contribution in [1.82, 2.24) is 9.88 Å². The molecule has 0 saturated carbocycles. The first-order valence-corrected chi connectivity index (χ1v) is 11.8. The molecule has 0 bridgehead atoms. The van der Waals surface area contributed by atoms with Crippen molar-refractivity contribution in [2.24, 2.45) is 11.7 Å². The van der Waals surface area contributed by atoms with E-state index >= 15 is 4.39 Å². The molecule has 2 atom stereocenters. The Bertz CT molecular complexity index is 1350. The van der Waals surface area contributed by atoms with Crippen LogP contribution in [-0.2, 0) is 21.8 Å². The van der Waals surface area contributed by atoms with Gasteiger partial charge in [-0.2, -0.15) is 0 Å². The van der Waals surface area contributed by atoms with Crippen molar-refractivity contribution in [3.8, 4) is 0 Å². The van der Waals surface area contributed by atoms with E-state index in [1.165, 1.54) is 24.1 Å². The average molecular weight is 530 g/mol. The molecule has 1 aliphatic heterocycles. The monoisotopic (exact) mass is 529 g/mol. The first kappa shape index (κ1) is 25.8. The number of ether oxygens (including phenoxy) is 1. The number of Topliss-reactive ketones (excluding diaryl/α,β-unsaturated/α-hetero) is 1. The van der Waals surface area contributed by atoms with E-state index < -0.39 is 35.1 Å². The summed E-state index contributed by atoms with van der Waals surface area (Å²) in [6, 6.07) is 12.1. The summed E-state index contributed by atoms with van der Waals surface area (Å²) in [5, 5.41) is 0.824. The first-order valence-electron chi connectivity index (χ1n) is 11.0. The number of halogens is 3. The van der Waals surface area contributed by atoms with E-state index in [0.29, 0.717) is 21.3 Å². The van der Waals surface area contributed by atoms with Crippen LogP contribution in [0.2, 0.25) is 10.0 Å². The van der Waals surface area contributed by atoms with Gasteiger partial charge in [-0.15, -0.1) is 0 Å². The van der Waals surface area contributed by atoms with Crippen LogP contribution in [0.15, 0.2) is 54.7 Å². The van der Waals surface area contributed by atoms with Crippen molar-refractivity contribution >= 4 is 40.8 Å². The SMILES string of the molecule is CC(=O)c1cc(F)c2c(c1)C(=O)N(Cc1ccc(Cl)cn1)C2(OCC(C)C(N)=O)c1ccc(Cl)cc1. The molecule has 36 heavy (non-hydrogen) atoms. The number of primary amides is 1. The number of hydrogen-bond donors (Lipinski definition) is 1. The highest BCUT2D eigenvalue weighted by atomic mass is 35.5. The minimum atomic E-state index is -1.80. The Balaban J connectivity index is 1.98. The summed E-state index contributed by atoms with van der Waals surface area (Å²) in [5.41, 5.74) is 4.42. The van der Waals surface area contributed by atoms with Crippen LogP contribution in [0.5, 0.6) is 0 Å². The lowest BCUT2D eigenvalue weighted by molar-refractivity contribution is -0.138. The zero-order valence-electron chi connectivity index (χ0n) is 19.4. The third-order valence-electron chi connectivity index (χ3n) is 6.06. The summed E-state index contributed by atoms with van der Waals surface area (Å²) in [6.45, 7) is 2.54. The largest absolute Gasteiger partial charge is 0.369 e. The minimum Gasteiger partial charge on any atom is -0.369 e. The molecule has 1 aromatic heterocycles. The van der Waals surface area contributed by atoms with Crippen LogP contribution in [0.4, 0.5) is 4.39 Å². The van der Waals surface area contributed by atoms with Crippen molar-refractivity contribution in [2.75, 3.05) is 6.61 Å². The number of rotatable bonds is 8. The summed E-state index contributed by atoms with van der Waals surface area (Å²) in [4.78, 5) is 43.3. The van der Waals surface area contributed by atoms with Gasteiger partial charge in [0.15, 0.2) is 11.5 Å². The van der Waals surface area contributed by atoms with Gasteiger partial charge in [-0.1, -0.05) is 42.3 Å². The smallest absolute Gasteiger partial charge is 0.257 e. The fourth-order valence-corrected chi connectivity index (χ4v) is 4.37. The highest BCUT2D eigenvalue weighted by Crippen LogP contribution is 2.48. The Morgan fingerprint density at radius 1 is 1.14 bits per heavy atom. The highest BCUT2D eigenvalue weighted by molar-refractivity contribution is 6.30. The molecule has 2 N–H and O–H groups in total. The van der Waals surface area contributed by atoms with Gasteiger partial charge in [0.2, 0.25) is 5.91 Å². The number of carbonyl (C=O) groups is 3. The Morgan fingerprint density at radius 3 is 2.39 bits per heavy atom. The molecular formula is C26H22Cl2FN3O4. The molecule has 3 aromatic rings. The van der Waals surface area contributed by atoms with Gasteiger partial charge in [0.25, 0.3) is 5.91 Å². The number of nitrogens with zero attached hydrogens (tertiary/aromatic N) is 2. The second-order valence-corrected chi connectivity index (χ2v) is 9.43. The van der Waals surface area contributed by atoms with Crippen LogP contribution in [0.3, 0.4) is 0 Å². The minimum absolute atomic E-state index is 0.0316. The predicted octanol–water partition coefficient (Wildman–Crippen LogP) is 4.73. The van der Waals surface area contributed by atoms with Crippen molar-refractivity contribution < 1.29 is 23.5 Å². The summed E-state index contributed by atoms with van der Waals surface area (Å²) < 4.78 is 22.1. The Morgan fingerprint density at radius 2 is 1.81 bits per heavy atom. The van der Waals surface area contributed by atoms with Gasteiger partial charge in [0.05, 0.1) is 40.9 Å². The number of hydrogen-bond acceptors (Lipinski definition) is 5. The summed E-state index contributed by atoms with van der Waals surface area (Å²) in [7, 11) is 0. The van der Waals surface area contributed by atoms with Crippen LogP contribution in [0.1, 0.15) is 51.4 Å². The average Bonchev–Trinajstić information content (AvgIpc) is 3.08. The van der Waals surface area contributed by atoms with E-state index in [-0.39, 0.29) is 29.8 Å². The number of amides is 2. The van der Waals surface area contributed by atoms with E-state index in [0.717, 1.165) is 6.07 Å². The molecule has 2 amide bonds. The Kier molecular flexibility index (Phi) is 7.13. The number of aromatic nitrogens is 1. The van der Waals surface area contributed by atoms with Gasteiger partial charge in [-0.25, -0.2) is 4.39 Å². The molecule has 0 spiro atoms. The molecule has 10 heteroatoms. The van der Waals surface area contributed by atoms with Crippen molar-refractivity contribution in [2.45, 2.75) is 26.1 Å². The van der Waals surface area contributed by atoms with Crippen molar-refractivity contribution in [1.29, 1.82) is 0 Å². The maximum Gasteiger partial charge on any atom is 0.257 e. The van der Waals surface area contributed by atoms with Crippen LogP contribution in [-0.4, -0.2) is 34.1 Å². The van der Waals surface area contributed by atoms with E-state index in [2.05, 4.69) is 4.98 Å². The summed E-state index contributed by atoms with van der Waals surface area (Å²) in [6.07, 6.45) is 1.43. The van der Waals surface area contributed by atoms with E-state index in [4.69, 9.17) is 33.7 Å². The van der Waals surface area contributed by atoms with Gasteiger partial charge in [-0.3, -0.25) is 24.3 Å². The van der Waals surface area contributed by atoms with Crippen LogP contribution in [0, 0.1) is 11.7 Å². The number of carbonyl (C=O) groups excluding carboxylic acids is 3. The van der Waals surface area contributed by atoms with E-state index in [9.17, 15) is 14.4 Å². The molecule has 4 rings (SSSR count). The predicted molar refractivity (Wildman–Crippen MR) is 132 cm³/mol. The molecule has 0 radical (unpaired) electrons. The fraction of sp³-hybridized carbons (Fsp3) is 0.231.